The second-order valence-electron chi connectivity index (χ2n) is 5.80. The Hall–Kier alpha value is -3.22. The van der Waals surface area contributed by atoms with Gasteiger partial charge in [0.25, 0.3) is 0 Å². The van der Waals surface area contributed by atoms with Gasteiger partial charge in [0.15, 0.2) is 0 Å². The van der Waals surface area contributed by atoms with Crippen LogP contribution in [0.3, 0.4) is 0 Å². The van der Waals surface area contributed by atoms with E-state index in [2.05, 4.69) is 5.32 Å². The van der Waals surface area contributed by atoms with Crippen molar-refractivity contribution in [2.24, 2.45) is 0 Å². The monoisotopic (exact) mass is 388 g/mol. The van der Waals surface area contributed by atoms with Gasteiger partial charge in [-0.15, -0.1) is 0 Å². The summed E-state index contributed by atoms with van der Waals surface area (Å²) in [6, 6.07) is 10.5. The van der Waals surface area contributed by atoms with Crippen LogP contribution in [0.4, 0.5) is 14.5 Å². The van der Waals surface area contributed by atoms with Gasteiger partial charge < -0.3 is 15.0 Å². The highest BCUT2D eigenvalue weighted by Gasteiger charge is 2.16. The fourth-order valence-electron chi connectivity index (χ4n) is 2.49. The molecule has 148 valence electrons. The lowest BCUT2D eigenvalue weighted by Gasteiger charge is -2.19. The summed E-state index contributed by atoms with van der Waals surface area (Å²) in [4.78, 5) is 25.8. The average Bonchev–Trinajstić information content (AvgIpc) is 2.68. The molecule has 0 aromatic heterocycles. The van der Waals surface area contributed by atoms with Crippen molar-refractivity contribution in [3.05, 3.63) is 65.7 Å². The molecule has 0 saturated carbocycles. The molecular weight excluding hydrogens is 366 g/mol. The second-order valence-corrected chi connectivity index (χ2v) is 5.80. The van der Waals surface area contributed by atoms with Crippen molar-refractivity contribution in [1.29, 1.82) is 0 Å². The maximum absolute atomic E-state index is 13.6. The molecule has 1 N–H and O–H groups in total. The van der Waals surface area contributed by atoms with E-state index in [-0.39, 0.29) is 13.1 Å². The first-order valence-corrected chi connectivity index (χ1v) is 8.88. The largest absolute Gasteiger partial charge is 0.493 e. The van der Waals surface area contributed by atoms with Gasteiger partial charge in [0.05, 0.1) is 6.61 Å². The third-order valence-corrected chi connectivity index (χ3v) is 3.88. The topological polar surface area (TPSA) is 58.6 Å². The molecule has 0 atom stereocenters. The molecule has 2 aromatic carbocycles. The van der Waals surface area contributed by atoms with Crippen LogP contribution in [0.25, 0.3) is 6.08 Å². The van der Waals surface area contributed by atoms with Gasteiger partial charge in [0, 0.05) is 18.2 Å². The summed E-state index contributed by atoms with van der Waals surface area (Å²) in [5.41, 5.74) is 0.198. The quantitative estimate of drug-likeness (QED) is 0.699. The molecule has 5 nitrogen and oxygen atoms in total. The predicted molar refractivity (Wildman–Crippen MR) is 104 cm³/mol. The number of nitrogens with one attached hydrogen (secondary N) is 1. The number of likely N-dealkylation sites (N-methyl/N-ethyl adjacent to an activating group) is 1. The van der Waals surface area contributed by atoms with Crippen molar-refractivity contribution in [2.45, 2.75) is 13.8 Å². The Balaban J connectivity index is 2.04. The fourth-order valence-corrected chi connectivity index (χ4v) is 2.49. The smallest absolute Gasteiger partial charge is 0.247 e. The van der Waals surface area contributed by atoms with Crippen molar-refractivity contribution in [3.63, 3.8) is 0 Å². The lowest BCUT2D eigenvalue weighted by Crippen LogP contribution is -2.37. The first-order chi connectivity index (χ1) is 13.5. The molecule has 0 aliphatic heterocycles. The Bertz CT molecular complexity index is 848. The Kier molecular flexibility index (Phi) is 7.68. The minimum absolute atomic E-state index is 0.253. The molecule has 0 unspecified atom stereocenters. The number of hydrogen-bond acceptors (Lipinski definition) is 3. The normalized spacial score (nSPS) is 10.7. The number of amides is 2. The number of halogens is 2. The molecule has 0 fully saturated rings. The molecule has 7 heteroatoms. The molecule has 0 saturated heterocycles. The van der Waals surface area contributed by atoms with E-state index in [4.69, 9.17) is 4.74 Å². The number of benzene rings is 2. The maximum Gasteiger partial charge on any atom is 0.247 e. The summed E-state index contributed by atoms with van der Waals surface area (Å²) in [6.07, 6.45) is 2.93. The molecule has 0 spiro atoms. The van der Waals surface area contributed by atoms with E-state index in [1.807, 2.05) is 19.1 Å². The maximum atomic E-state index is 13.6. The van der Waals surface area contributed by atoms with Gasteiger partial charge in [-0.05, 0) is 38.1 Å². The highest BCUT2D eigenvalue weighted by Crippen LogP contribution is 2.20. The van der Waals surface area contributed by atoms with Gasteiger partial charge >= 0.3 is 0 Å². The predicted octanol–water partition coefficient (Wildman–Crippen LogP) is 3.86. The van der Waals surface area contributed by atoms with Gasteiger partial charge in [-0.3, -0.25) is 9.59 Å². The molecule has 2 amide bonds. The molecule has 2 aromatic rings. The van der Waals surface area contributed by atoms with E-state index in [1.165, 1.54) is 17.0 Å². The van der Waals surface area contributed by atoms with Crippen LogP contribution in [0.5, 0.6) is 5.75 Å². The van der Waals surface area contributed by atoms with Crippen molar-refractivity contribution in [1.82, 2.24) is 4.90 Å². The zero-order valence-corrected chi connectivity index (χ0v) is 15.7. The number of carbonyl (C=O) groups is 2. The first-order valence-electron chi connectivity index (χ1n) is 8.88. The number of anilines is 1. The molecule has 0 heterocycles. The van der Waals surface area contributed by atoms with Gasteiger partial charge in [0.1, 0.15) is 29.6 Å². The average molecular weight is 388 g/mol. The molecule has 0 aliphatic carbocycles. The third-order valence-electron chi connectivity index (χ3n) is 3.88. The van der Waals surface area contributed by atoms with Crippen LogP contribution in [-0.2, 0) is 9.59 Å². The zero-order chi connectivity index (χ0) is 20.5. The van der Waals surface area contributed by atoms with Crippen molar-refractivity contribution in [3.8, 4) is 5.75 Å². The van der Waals surface area contributed by atoms with E-state index in [9.17, 15) is 18.4 Å². The van der Waals surface area contributed by atoms with Gasteiger partial charge in [-0.1, -0.05) is 24.3 Å². The number of hydrogen-bond donors (Lipinski definition) is 1. The van der Waals surface area contributed by atoms with E-state index in [0.717, 1.165) is 17.7 Å². The zero-order valence-electron chi connectivity index (χ0n) is 15.7. The van der Waals surface area contributed by atoms with Gasteiger partial charge in [0.2, 0.25) is 11.8 Å². The third kappa shape index (κ3) is 5.64. The summed E-state index contributed by atoms with van der Waals surface area (Å²) in [5, 5.41) is 2.17. The van der Waals surface area contributed by atoms with Crippen LogP contribution < -0.4 is 10.1 Å². The van der Waals surface area contributed by atoms with E-state index in [1.54, 1.807) is 25.1 Å². The van der Waals surface area contributed by atoms with E-state index >= 15 is 0 Å². The number of nitrogens with zero attached hydrogens (tertiary/aromatic N) is 1. The van der Waals surface area contributed by atoms with Crippen molar-refractivity contribution >= 4 is 23.6 Å². The second kappa shape index (κ2) is 10.2. The van der Waals surface area contributed by atoms with Crippen LogP contribution in [0.1, 0.15) is 19.4 Å². The highest BCUT2D eigenvalue weighted by molar-refractivity contribution is 5.98. The summed E-state index contributed by atoms with van der Waals surface area (Å²) in [5.74, 6) is -2.21. The Morgan fingerprint density at radius 3 is 2.39 bits per heavy atom. The van der Waals surface area contributed by atoms with Crippen LogP contribution in [0.2, 0.25) is 0 Å². The fraction of sp³-hybridized carbons (Fsp3) is 0.238. The van der Waals surface area contributed by atoms with Crippen LogP contribution in [-0.4, -0.2) is 36.4 Å². The number of carbonyl (C=O) groups excluding carboxylic acids is 2. The SMILES string of the molecule is CCOc1ccccc1/C=C/C(=O)N(CC)CC(=O)Nc1c(F)cccc1F. The van der Waals surface area contributed by atoms with Gasteiger partial charge in [-0.2, -0.15) is 0 Å². The molecular formula is C21H22F2N2O3. The standard InChI is InChI=1S/C21H22F2N2O3/c1-3-25(14-19(26)24-21-16(22)9-7-10-17(21)23)20(27)13-12-15-8-5-6-11-18(15)28-4-2/h5-13H,3-4,14H2,1-2H3,(H,24,26)/b13-12+. The molecule has 0 aliphatic rings. The molecule has 2 rings (SSSR count). The van der Waals surface area contributed by atoms with Crippen LogP contribution in [0, 0.1) is 11.6 Å². The first kappa shape index (κ1) is 21.1. The summed E-state index contributed by atoms with van der Waals surface area (Å²) in [7, 11) is 0. The number of para-hydroxylation sites is 2. The lowest BCUT2D eigenvalue weighted by atomic mass is 10.2. The molecule has 28 heavy (non-hydrogen) atoms. The molecule has 0 radical (unpaired) electrons. The highest BCUT2D eigenvalue weighted by atomic mass is 19.1. The number of ether oxygens (including phenoxy) is 1. The minimum atomic E-state index is -0.879. The summed E-state index contributed by atoms with van der Waals surface area (Å²) in [6.45, 7) is 3.98. The van der Waals surface area contributed by atoms with Gasteiger partial charge in [-0.25, -0.2) is 8.78 Å². The number of rotatable bonds is 8. The van der Waals surface area contributed by atoms with Crippen molar-refractivity contribution < 1.29 is 23.1 Å². The Labute approximate surface area is 162 Å². The Morgan fingerprint density at radius 1 is 1.07 bits per heavy atom. The lowest BCUT2D eigenvalue weighted by molar-refractivity contribution is -0.130. The van der Waals surface area contributed by atoms with E-state index < -0.39 is 29.1 Å². The summed E-state index contributed by atoms with van der Waals surface area (Å²) >= 11 is 0. The summed E-state index contributed by atoms with van der Waals surface area (Å²) < 4.78 is 32.8. The van der Waals surface area contributed by atoms with Crippen molar-refractivity contribution in [2.75, 3.05) is 25.0 Å². The van der Waals surface area contributed by atoms with E-state index in [0.29, 0.717) is 12.4 Å². The minimum Gasteiger partial charge on any atom is -0.493 e. The molecule has 0 bridgehead atoms. The Morgan fingerprint density at radius 2 is 1.75 bits per heavy atom. The van der Waals surface area contributed by atoms with Crippen LogP contribution in [0.15, 0.2) is 48.5 Å². The van der Waals surface area contributed by atoms with Crippen LogP contribution >= 0.6 is 0 Å².